The first-order valence-electron chi connectivity index (χ1n) is 5.35. The van der Waals surface area contributed by atoms with Crippen LogP contribution in [0.1, 0.15) is 23.0 Å². The Morgan fingerprint density at radius 2 is 2.56 bits per heavy atom. The van der Waals surface area contributed by atoms with Crippen LogP contribution in [0.4, 0.5) is 0 Å². The Balaban J connectivity index is 2.17. The van der Waals surface area contributed by atoms with Crippen molar-refractivity contribution in [2.45, 2.75) is 19.4 Å². The summed E-state index contributed by atoms with van der Waals surface area (Å²) in [5.41, 5.74) is 0. The maximum absolute atomic E-state index is 12.2. The SMILES string of the molecule is CC[C@H]1COCCN1C(=O)c1sccc1Cl. The van der Waals surface area contributed by atoms with Gasteiger partial charge in [0.1, 0.15) is 4.88 Å². The molecule has 0 aliphatic carbocycles. The van der Waals surface area contributed by atoms with Crippen molar-refractivity contribution >= 4 is 28.8 Å². The lowest BCUT2D eigenvalue weighted by Gasteiger charge is -2.34. The summed E-state index contributed by atoms with van der Waals surface area (Å²) in [6.45, 7) is 3.97. The summed E-state index contributed by atoms with van der Waals surface area (Å²) < 4.78 is 5.38. The molecule has 2 heterocycles. The van der Waals surface area contributed by atoms with E-state index >= 15 is 0 Å². The lowest BCUT2D eigenvalue weighted by atomic mass is 10.1. The lowest BCUT2D eigenvalue weighted by Crippen LogP contribution is -2.48. The number of hydrogen-bond donors (Lipinski definition) is 0. The zero-order valence-electron chi connectivity index (χ0n) is 9.11. The highest BCUT2D eigenvalue weighted by atomic mass is 35.5. The van der Waals surface area contributed by atoms with Gasteiger partial charge >= 0.3 is 0 Å². The van der Waals surface area contributed by atoms with Gasteiger partial charge in [0.05, 0.1) is 24.3 Å². The number of carbonyl (C=O) groups excluding carboxylic acids is 1. The van der Waals surface area contributed by atoms with E-state index in [9.17, 15) is 4.79 Å². The molecule has 1 aliphatic rings. The molecule has 1 amide bonds. The van der Waals surface area contributed by atoms with Gasteiger partial charge in [0, 0.05) is 6.54 Å². The molecule has 0 aromatic carbocycles. The van der Waals surface area contributed by atoms with Crippen molar-refractivity contribution in [1.82, 2.24) is 4.90 Å². The van der Waals surface area contributed by atoms with Gasteiger partial charge in [0.2, 0.25) is 0 Å². The van der Waals surface area contributed by atoms with Crippen LogP contribution in [-0.2, 0) is 4.74 Å². The fourth-order valence-electron chi connectivity index (χ4n) is 1.84. The number of carbonyl (C=O) groups is 1. The van der Waals surface area contributed by atoms with E-state index in [4.69, 9.17) is 16.3 Å². The predicted molar refractivity (Wildman–Crippen MR) is 65.3 cm³/mol. The summed E-state index contributed by atoms with van der Waals surface area (Å²) in [6.07, 6.45) is 0.911. The molecule has 1 fully saturated rings. The van der Waals surface area contributed by atoms with E-state index in [1.54, 1.807) is 6.07 Å². The largest absolute Gasteiger partial charge is 0.377 e. The normalized spacial score (nSPS) is 21.1. The Hall–Kier alpha value is -0.580. The Labute approximate surface area is 104 Å². The Bertz CT molecular complexity index is 380. The standard InChI is InChI=1S/C11H14ClNO2S/c1-2-8-7-15-5-4-13(8)11(14)10-9(12)3-6-16-10/h3,6,8H,2,4-5,7H2,1H3/t8-/m0/s1. The number of halogens is 1. The van der Waals surface area contributed by atoms with Crippen LogP contribution in [-0.4, -0.2) is 36.6 Å². The highest BCUT2D eigenvalue weighted by Gasteiger charge is 2.28. The molecule has 0 saturated carbocycles. The van der Waals surface area contributed by atoms with Crippen molar-refractivity contribution in [2.24, 2.45) is 0 Å². The van der Waals surface area contributed by atoms with Crippen LogP contribution in [0.25, 0.3) is 0 Å². The Morgan fingerprint density at radius 3 is 3.19 bits per heavy atom. The minimum atomic E-state index is 0.0372. The minimum absolute atomic E-state index is 0.0372. The monoisotopic (exact) mass is 259 g/mol. The van der Waals surface area contributed by atoms with Crippen LogP contribution in [0, 0.1) is 0 Å². The van der Waals surface area contributed by atoms with E-state index in [-0.39, 0.29) is 11.9 Å². The second kappa shape index (κ2) is 5.17. The third kappa shape index (κ3) is 2.24. The zero-order valence-corrected chi connectivity index (χ0v) is 10.7. The third-order valence-electron chi connectivity index (χ3n) is 2.77. The average molecular weight is 260 g/mol. The summed E-state index contributed by atoms with van der Waals surface area (Å²) in [5.74, 6) is 0.0372. The number of thiophene rings is 1. The second-order valence-corrected chi connectivity index (χ2v) is 5.06. The van der Waals surface area contributed by atoms with Gasteiger partial charge in [-0.2, -0.15) is 0 Å². The van der Waals surface area contributed by atoms with Gasteiger partial charge in [-0.25, -0.2) is 0 Å². The summed E-state index contributed by atoms with van der Waals surface area (Å²) in [6, 6.07) is 1.94. The number of hydrogen-bond acceptors (Lipinski definition) is 3. The van der Waals surface area contributed by atoms with Gasteiger partial charge in [0.25, 0.3) is 5.91 Å². The van der Waals surface area contributed by atoms with E-state index in [1.807, 2.05) is 10.3 Å². The molecule has 0 N–H and O–H groups in total. The lowest BCUT2D eigenvalue weighted by molar-refractivity contribution is -0.00252. The first-order valence-corrected chi connectivity index (χ1v) is 6.61. The number of morpholine rings is 1. The van der Waals surface area contributed by atoms with Crippen LogP contribution in [0.2, 0.25) is 5.02 Å². The van der Waals surface area contributed by atoms with E-state index in [2.05, 4.69) is 6.92 Å². The first kappa shape index (κ1) is 11.9. The smallest absolute Gasteiger partial charge is 0.265 e. The molecule has 16 heavy (non-hydrogen) atoms. The van der Waals surface area contributed by atoms with Gasteiger partial charge in [-0.3, -0.25) is 4.79 Å². The van der Waals surface area contributed by atoms with Crippen LogP contribution >= 0.6 is 22.9 Å². The molecule has 0 bridgehead atoms. The molecule has 0 radical (unpaired) electrons. The van der Waals surface area contributed by atoms with Crippen molar-refractivity contribution in [1.29, 1.82) is 0 Å². The molecule has 2 rings (SSSR count). The molecule has 0 unspecified atom stereocenters. The third-order valence-corrected chi connectivity index (χ3v) is 4.10. The molecule has 1 aromatic heterocycles. The fourth-order valence-corrected chi connectivity index (χ4v) is 2.93. The van der Waals surface area contributed by atoms with Gasteiger partial charge in [-0.1, -0.05) is 18.5 Å². The molecule has 1 aromatic rings. The van der Waals surface area contributed by atoms with E-state index < -0.39 is 0 Å². The van der Waals surface area contributed by atoms with E-state index in [0.29, 0.717) is 29.7 Å². The van der Waals surface area contributed by atoms with Gasteiger partial charge < -0.3 is 9.64 Å². The predicted octanol–water partition coefficient (Wildman–Crippen LogP) is 2.65. The number of nitrogens with zero attached hydrogens (tertiary/aromatic N) is 1. The topological polar surface area (TPSA) is 29.5 Å². The highest BCUT2D eigenvalue weighted by Crippen LogP contribution is 2.25. The van der Waals surface area contributed by atoms with Crippen molar-refractivity contribution in [3.05, 3.63) is 21.3 Å². The summed E-state index contributed by atoms with van der Waals surface area (Å²) >= 11 is 7.38. The average Bonchev–Trinajstić information content (AvgIpc) is 2.74. The van der Waals surface area contributed by atoms with E-state index in [0.717, 1.165) is 6.42 Å². The van der Waals surface area contributed by atoms with Crippen LogP contribution in [0.3, 0.4) is 0 Å². The van der Waals surface area contributed by atoms with Crippen molar-refractivity contribution in [3.63, 3.8) is 0 Å². The van der Waals surface area contributed by atoms with Crippen molar-refractivity contribution in [2.75, 3.05) is 19.8 Å². The zero-order chi connectivity index (χ0) is 11.5. The van der Waals surface area contributed by atoms with Crippen LogP contribution in [0.15, 0.2) is 11.4 Å². The molecule has 5 heteroatoms. The van der Waals surface area contributed by atoms with Gasteiger partial charge in [0.15, 0.2) is 0 Å². The summed E-state index contributed by atoms with van der Waals surface area (Å²) in [5, 5.41) is 2.40. The van der Waals surface area contributed by atoms with Crippen molar-refractivity contribution in [3.8, 4) is 0 Å². The number of ether oxygens (including phenoxy) is 1. The molecule has 3 nitrogen and oxygen atoms in total. The molecular formula is C11H14ClNO2S. The van der Waals surface area contributed by atoms with Gasteiger partial charge in [-0.15, -0.1) is 11.3 Å². The summed E-state index contributed by atoms with van der Waals surface area (Å²) in [7, 11) is 0. The maximum atomic E-state index is 12.2. The first-order chi connectivity index (χ1) is 7.74. The number of amides is 1. The molecule has 0 spiro atoms. The minimum Gasteiger partial charge on any atom is -0.377 e. The van der Waals surface area contributed by atoms with E-state index in [1.165, 1.54) is 11.3 Å². The summed E-state index contributed by atoms with van der Waals surface area (Å²) in [4.78, 5) is 14.8. The molecule has 1 atom stereocenters. The maximum Gasteiger partial charge on any atom is 0.265 e. The highest BCUT2D eigenvalue weighted by molar-refractivity contribution is 7.12. The van der Waals surface area contributed by atoms with Crippen LogP contribution < -0.4 is 0 Å². The van der Waals surface area contributed by atoms with Crippen molar-refractivity contribution < 1.29 is 9.53 Å². The fraction of sp³-hybridized carbons (Fsp3) is 0.545. The Kier molecular flexibility index (Phi) is 3.84. The molecule has 1 saturated heterocycles. The molecular weight excluding hydrogens is 246 g/mol. The molecule has 1 aliphatic heterocycles. The second-order valence-electron chi connectivity index (χ2n) is 3.73. The van der Waals surface area contributed by atoms with Crippen LogP contribution in [0.5, 0.6) is 0 Å². The molecule has 88 valence electrons. The Morgan fingerprint density at radius 1 is 1.75 bits per heavy atom. The van der Waals surface area contributed by atoms with Gasteiger partial charge in [-0.05, 0) is 17.9 Å². The quantitative estimate of drug-likeness (QED) is 0.817. The number of rotatable bonds is 2.